The monoisotopic (exact) mass is 395 g/mol. The molecule has 4 aromatic rings. The van der Waals surface area contributed by atoms with Gasteiger partial charge in [0.2, 0.25) is 11.6 Å². The molecule has 2 heterocycles. The third kappa shape index (κ3) is 3.21. The lowest BCUT2D eigenvalue weighted by molar-refractivity contribution is 0.0584. The number of esters is 1. The van der Waals surface area contributed by atoms with Gasteiger partial charge in [0.15, 0.2) is 0 Å². The lowest BCUT2D eigenvalue weighted by atomic mass is 10.3. The van der Waals surface area contributed by atoms with Crippen molar-refractivity contribution in [3.63, 3.8) is 0 Å². The van der Waals surface area contributed by atoms with Crippen LogP contribution in [0.4, 0.5) is 11.5 Å². The molecule has 0 spiro atoms. The Balaban J connectivity index is 1.93. The molecule has 0 unspecified atom stereocenters. The molecule has 0 saturated heterocycles. The molecule has 2 aromatic heterocycles. The van der Waals surface area contributed by atoms with Crippen LogP contribution in [0.1, 0.15) is 10.6 Å². The van der Waals surface area contributed by atoms with Gasteiger partial charge in [0, 0.05) is 16.8 Å². The summed E-state index contributed by atoms with van der Waals surface area (Å²) in [4.78, 5) is 29.3. The van der Waals surface area contributed by atoms with Crippen LogP contribution in [0.5, 0.6) is 0 Å². The van der Waals surface area contributed by atoms with E-state index in [0.29, 0.717) is 16.5 Å². The van der Waals surface area contributed by atoms with Crippen molar-refractivity contribution < 1.29 is 9.53 Å². The van der Waals surface area contributed by atoms with E-state index in [4.69, 9.17) is 16.3 Å². The number of nitrogens with one attached hydrogen (secondary N) is 1. The number of carbonyl (C=O) groups is 1. The highest BCUT2D eigenvalue weighted by Gasteiger charge is 2.22. The smallest absolute Gasteiger partial charge is 0.376 e. The third-order valence-electron chi connectivity index (χ3n) is 3.98. The van der Waals surface area contributed by atoms with Gasteiger partial charge in [0.25, 0.3) is 5.56 Å². The average molecular weight is 396 g/mol. The van der Waals surface area contributed by atoms with Gasteiger partial charge >= 0.3 is 5.97 Å². The van der Waals surface area contributed by atoms with Crippen LogP contribution in [-0.4, -0.2) is 32.2 Å². The van der Waals surface area contributed by atoms with E-state index in [2.05, 4.69) is 15.4 Å². The minimum atomic E-state index is -0.745. The molecular formula is C19H14ClN5O3. The number of aromatic nitrogens is 4. The van der Waals surface area contributed by atoms with Crippen molar-refractivity contribution in [3.8, 4) is 5.69 Å². The van der Waals surface area contributed by atoms with Crippen molar-refractivity contribution in [1.82, 2.24) is 19.2 Å². The standard InChI is InChI=1S/C19H14ClN5O3/c1-28-18(27)17-23-25(14-9-7-12(20)8-10-14)19-22-15(11-16(26)24(17)19)21-13-5-3-2-4-6-13/h2-11,21H,1H3. The summed E-state index contributed by atoms with van der Waals surface area (Å²) in [7, 11) is 1.22. The number of carbonyl (C=O) groups excluding carboxylic acids is 1. The van der Waals surface area contributed by atoms with Crippen LogP contribution >= 0.6 is 11.6 Å². The fourth-order valence-electron chi connectivity index (χ4n) is 2.71. The number of anilines is 2. The van der Waals surface area contributed by atoms with Crippen molar-refractivity contribution in [3.05, 3.63) is 81.9 Å². The number of ether oxygens (including phenoxy) is 1. The Morgan fingerprint density at radius 1 is 1.11 bits per heavy atom. The van der Waals surface area contributed by atoms with Crippen LogP contribution in [0.3, 0.4) is 0 Å². The summed E-state index contributed by atoms with van der Waals surface area (Å²) in [5.74, 6) is -0.432. The first-order chi connectivity index (χ1) is 13.6. The SMILES string of the molecule is COC(=O)c1nn(-c2ccc(Cl)cc2)c2nc(Nc3ccccc3)cc(=O)n12. The molecule has 140 valence electrons. The zero-order valence-corrected chi connectivity index (χ0v) is 15.4. The maximum absolute atomic E-state index is 12.7. The predicted molar refractivity (Wildman–Crippen MR) is 105 cm³/mol. The van der Waals surface area contributed by atoms with E-state index in [-0.39, 0.29) is 11.6 Å². The molecule has 0 saturated carbocycles. The average Bonchev–Trinajstić information content (AvgIpc) is 3.09. The molecule has 2 aromatic carbocycles. The summed E-state index contributed by atoms with van der Waals surface area (Å²) in [6.45, 7) is 0. The van der Waals surface area contributed by atoms with Crippen molar-refractivity contribution in [2.24, 2.45) is 0 Å². The van der Waals surface area contributed by atoms with Crippen LogP contribution in [0.2, 0.25) is 5.02 Å². The molecular weight excluding hydrogens is 382 g/mol. The number of para-hydroxylation sites is 1. The second-order valence-corrected chi connectivity index (χ2v) is 6.25. The van der Waals surface area contributed by atoms with Crippen LogP contribution in [0, 0.1) is 0 Å². The number of rotatable bonds is 4. The molecule has 0 aliphatic carbocycles. The summed E-state index contributed by atoms with van der Waals surface area (Å²) in [6, 6.07) is 17.4. The van der Waals surface area contributed by atoms with E-state index in [0.717, 1.165) is 10.1 Å². The van der Waals surface area contributed by atoms with E-state index in [9.17, 15) is 9.59 Å². The second-order valence-electron chi connectivity index (χ2n) is 5.81. The first kappa shape index (κ1) is 17.7. The molecule has 0 atom stereocenters. The molecule has 4 rings (SSSR count). The lowest BCUT2D eigenvalue weighted by Gasteiger charge is -2.07. The van der Waals surface area contributed by atoms with Gasteiger partial charge in [-0.3, -0.25) is 4.79 Å². The van der Waals surface area contributed by atoms with Gasteiger partial charge in [-0.15, -0.1) is 5.10 Å². The molecule has 0 fully saturated rings. The Morgan fingerprint density at radius 2 is 1.82 bits per heavy atom. The van der Waals surface area contributed by atoms with E-state index in [1.165, 1.54) is 17.9 Å². The van der Waals surface area contributed by atoms with Gasteiger partial charge in [-0.05, 0) is 36.4 Å². The number of hydrogen-bond acceptors (Lipinski definition) is 6. The van der Waals surface area contributed by atoms with Gasteiger partial charge < -0.3 is 10.1 Å². The quantitative estimate of drug-likeness (QED) is 0.534. The highest BCUT2D eigenvalue weighted by molar-refractivity contribution is 6.30. The van der Waals surface area contributed by atoms with Gasteiger partial charge in [0.05, 0.1) is 12.8 Å². The van der Waals surface area contributed by atoms with Crippen molar-refractivity contribution in [2.75, 3.05) is 12.4 Å². The van der Waals surface area contributed by atoms with E-state index >= 15 is 0 Å². The minimum absolute atomic E-state index is 0.161. The van der Waals surface area contributed by atoms with Crippen molar-refractivity contribution >= 4 is 34.9 Å². The maximum atomic E-state index is 12.7. The summed E-state index contributed by atoms with van der Waals surface area (Å²) < 4.78 is 7.25. The number of methoxy groups -OCH3 is 1. The first-order valence-corrected chi connectivity index (χ1v) is 8.64. The number of hydrogen-bond donors (Lipinski definition) is 1. The fourth-order valence-corrected chi connectivity index (χ4v) is 2.83. The third-order valence-corrected chi connectivity index (χ3v) is 4.23. The number of fused-ring (bicyclic) bond motifs is 1. The molecule has 0 radical (unpaired) electrons. The first-order valence-electron chi connectivity index (χ1n) is 8.26. The Hall–Kier alpha value is -3.65. The second kappa shape index (κ2) is 7.16. The Labute approximate surface area is 164 Å². The predicted octanol–water partition coefficient (Wildman–Crippen LogP) is 3.06. The van der Waals surface area contributed by atoms with Gasteiger partial charge in [-0.2, -0.15) is 9.67 Å². The summed E-state index contributed by atoms with van der Waals surface area (Å²) in [5.41, 5.74) is 0.884. The van der Waals surface area contributed by atoms with Crippen LogP contribution in [0.25, 0.3) is 11.5 Å². The largest absolute Gasteiger partial charge is 0.463 e. The topological polar surface area (TPSA) is 90.5 Å². The summed E-state index contributed by atoms with van der Waals surface area (Å²) in [5, 5.41) is 7.86. The van der Waals surface area contributed by atoms with Gasteiger partial charge in [-0.25, -0.2) is 9.20 Å². The van der Waals surface area contributed by atoms with E-state index in [1.807, 2.05) is 30.3 Å². The highest BCUT2D eigenvalue weighted by atomic mass is 35.5. The minimum Gasteiger partial charge on any atom is -0.463 e. The van der Waals surface area contributed by atoms with Gasteiger partial charge in [-0.1, -0.05) is 29.8 Å². The van der Waals surface area contributed by atoms with Crippen LogP contribution in [0.15, 0.2) is 65.5 Å². The Bertz CT molecular complexity index is 1220. The molecule has 1 N–H and O–H groups in total. The maximum Gasteiger partial charge on any atom is 0.376 e. The van der Waals surface area contributed by atoms with Gasteiger partial charge in [0.1, 0.15) is 5.82 Å². The molecule has 28 heavy (non-hydrogen) atoms. The van der Waals surface area contributed by atoms with Crippen LogP contribution < -0.4 is 10.9 Å². The number of nitrogens with zero attached hydrogens (tertiary/aromatic N) is 4. The normalized spacial score (nSPS) is 10.8. The van der Waals surface area contributed by atoms with Crippen molar-refractivity contribution in [2.45, 2.75) is 0 Å². The van der Waals surface area contributed by atoms with E-state index < -0.39 is 11.5 Å². The Kier molecular flexibility index (Phi) is 4.54. The van der Waals surface area contributed by atoms with E-state index in [1.54, 1.807) is 24.3 Å². The molecule has 0 amide bonds. The molecule has 9 heteroatoms. The fraction of sp³-hybridized carbons (Fsp3) is 0.0526. The Morgan fingerprint density at radius 3 is 2.50 bits per heavy atom. The summed E-state index contributed by atoms with van der Waals surface area (Å²) >= 11 is 5.95. The number of halogens is 1. The molecule has 0 bridgehead atoms. The molecule has 0 aliphatic rings. The van der Waals surface area contributed by atoms with Crippen molar-refractivity contribution in [1.29, 1.82) is 0 Å². The lowest BCUT2D eigenvalue weighted by Crippen LogP contribution is -2.19. The summed E-state index contributed by atoms with van der Waals surface area (Å²) in [6.07, 6.45) is 0. The molecule has 0 aliphatic heterocycles. The zero-order chi connectivity index (χ0) is 19.7. The molecule has 8 nitrogen and oxygen atoms in total. The number of benzene rings is 2. The highest BCUT2D eigenvalue weighted by Crippen LogP contribution is 2.18. The van der Waals surface area contributed by atoms with Crippen LogP contribution in [-0.2, 0) is 4.74 Å². The zero-order valence-electron chi connectivity index (χ0n) is 14.7.